The van der Waals surface area contributed by atoms with Gasteiger partial charge in [-0.2, -0.15) is 0 Å². The van der Waals surface area contributed by atoms with Crippen molar-refractivity contribution in [1.29, 1.82) is 0 Å². The number of thioether (sulfide) groups is 2. The van der Waals surface area contributed by atoms with Crippen LogP contribution in [0.1, 0.15) is 11.1 Å². The lowest BCUT2D eigenvalue weighted by Crippen LogP contribution is -2.15. The van der Waals surface area contributed by atoms with E-state index in [0.717, 1.165) is 54.2 Å². The van der Waals surface area contributed by atoms with Crippen molar-refractivity contribution in [3.63, 3.8) is 0 Å². The van der Waals surface area contributed by atoms with Crippen molar-refractivity contribution < 1.29 is 10.2 Å². The Morgan fingerprint density at radius 3 is 1.47 bits per heavy atom. The summed E-state index contributed by atoms with van der Waals surface area (Å²) in [5.41, 5.74) is 3.37. The molecule has 0 amide bonds. The van der Waals surface area contributed by atoms with Crippen LogP contribution in [-0.4, -0.2) is 62.5 Å². The molecule has 0 unspecified atom stereocenters. The van der Waals surface area contributed by atoms with Crippen LogP contribution in [0.15, 0.2) is 56.5 Å². The van der Waals surface area contributed by atoms with E-state index in [1.807, 2.05) is 98.3 Å². The molecule has 0 saturated carbocycles. The zero-order valence-electron chi connectivity index (χ0n) is 21.0. The standard InChI is InChI=1S/C26H28N6O2S2/c1-29(2)17-9-7-15(19(33)13-17)11-21-31(5)23-25(35-21)28-26-24(27-23)32(6)22(36-26)12-16-8-10-18(30(3)4)14-20(16)34/h7-14,33-34H,1-6H3/b21-11-,22-12?. The monoisotopic (exact) mass is 520 g/mol. The predicted molar refractivity (Wildman–Crippen MR) is 151 cm³/mol. The number of nitrogens with zero attached hydrogens (tertiary/aromatic N) is 6. The molecule has 2 aliphatic rings. The molecule has 10 heteroatoms. The Morgan fingerprint density at radius 2 is 1.11 bits per heavy atom. The molecule has 0 spiro atoms. The van der Waals surface area contributed by atoms with E-state index < -0.39 is 0 Å². The normalized spacial score (nSPS) is 16.6. The van der Waals surface area contributed by atoms with Gasteiger partial charge in [0.15, 0.2) is 11.6 Å². The summed E-state index contributed by atoms with van der Waals surface area (Å²) in [7, 11) is 11.7. The van der Waals surface area contributed by atoms with Crippen molar-refractivity contribution in [2.45, 2.75) is 10.1 Å². The molecule has 2 aliphatic heterocycles. The smallest absolute Gasteiger partial charge is 0.168 e. The van der Waals surface area contributed by atoms with Crippen molar-refractivity contribution in [2.24, 2.45) is 0 Å². The molecule has 1 aromatic heterocycles. The highest BCUT2D eigenvalue weighted by Crippen LogP contribution is 2.51. The van der Waals surface area contributed by atoms with Crippen LogP contribution in [0.25, 0.3) is 12.2 Å². The molecule has 5 rings (SSSR count). The van der Waals surface area contributed by atoms with E-state index in [1.54, 1.807) is 12.1 Å². The highest BCUT2D eigenvalue weighted by molar-refractivity contribution is 8.04. The Morgan fingerprint density at radius 1 is 0.694 bits per heavy atom. The Bertz CT molecular complexity index is 1320. The van der Waals surface area contributed by atoms with Crippen LogP contribution in [0.4, 0.5) is 23.0 Å². The molecule has 0 radical (unpaired) electrons. The number of hydrogen-bond donors (Lipinski definition) is 2. The fraction of sp³-hybridized carbons (Fsp3) is 0.231. The van der Waals surface area contributed by atoms with E-state index in [2.05, 4.69) is 0 Å². The topological polar surface area (TPSA) is 79.2 Å². The van der Waals surface area contributed by atoms with Gasteiger partial charge in [-0.1, -0.05) is 0 Å². The number of phenolic OH excluding ortho intramolecular Hbond substituents is 2. The lowest BCUT2D eigenvalue weighted by Gasteiger charge is -2.16. The molecule has 2 N–H and O–H groups in total. The zero-order chi connectivity index (χ0) is 25.7. The van der Waals surface area contributed by atoms with Gasteiger partial charge in [0, 0.05) is 76.9 Å². The van der Waals surface area contributed by atoms with Gasteiger partial charge in [0.2, 0.25) is 0 Å². The second-order valence-electron chi connectivity index (χ2n) is 9.04. The van der Waals surface area contributed by atoms with Crippen LogP contribution >= 0.6 is 23.5 Å². The fourth-order valence-electron chi connectivity index (χ4n) is 3.89. The van der Waals surface area contributed by atoms with Crippen molar-refractivity contribution >= 4 is 58.7 Å². The molecule has 2 aromatic carbocycles. The van der Waals surface area contributed by atoms with E-state index in [9.17, 15) is 10.2 Å². The fourth-order valence-corrected chi connectivity index (χ4v) is 5.98. The molecule has 0 saturated heterocycles. The Kier molecular flexibility index (Phi) is 6.17. The van der Waals surface area contributed by atoms with Gasteiger partial charge in [-0.3, -0.25) is 0 Å². The van der Waals surface area contributed by atoms with Gasteiger partial charge in [-0.15, -0.1) is 0 Å². The lowest BCUT2D eigenvalue weighted by atomic mass is 10.1. The summed E-state index contributed by atoms with van der Waals surface area (Å²) in [6.45, 7) is 0. The number of anilines is 4. The first-order chi connectivity index (χ1) is 17.1. The van der Waals surface area contributed by atoms with E-state index in [0.29, 0.717) is 0 Å². The van der Waals surface area contributed by atoms with Crippen molar-refractivity contribution in [3.8, 4) is 11.5 Å². The maximum atomic E-state index is 10.5. The maximum Gasteiger partial charge on any atom is 0.168 e. The minimum Gasteiger partial charge on any atom is -0.507 e. The molecule has 186 valence electrons. The van der Waals surface area contributed by atoms with Crippen molar-refractivity contribution in [3.05, 3.63) is 57.6 Å². The van der Waals surface area contributed by atoms with Gasteiger partial charge in [0.1, 0.15) is 21.6 Å². The number of fused-ring (bicyclic) bond motifs is 2. The van der Waals surface area contributed by atoms with E-state index in [-0.39, 0.29) is 11.5 Å². The molecule has 0 bridgehead atoms. The zero-order valence-corrected chi connectivity index (χ0v) is 22.6. The number of rotatable bonds is 4. The summed E-state index contributed by atoms with van der Waals surface area (Å²) in [5.74, 6) is 2.02. The lowest BCUT2D eigenvalue weighted by molar-refractivity contribution is 0.473. The third-order valence-corrected chi connectivity index (χ3v) is 8.25. The van der Waals surface area contributed by atoms with Crippen LogP contribution in [0.5, 0.6) is 11.5 Å². The third kappa shape index (κ3) is 4.31. The van der Waals surface area contributed by atoms with Crippen LogP contribution in [-0.2, 0) is 0 Å². The minimum absolute atomic E-state index is 0.231. The average molecular weight is 521 g/mol. The summed E-state index contributed by atoms with van der Waals surface area (Å²) in [6, 6.07) is 11.3. The summed E-state index contributed by atoms with van der Waals surface area (Å²) < 4.78 is 0. The second-order valence-corrected chi connectivity index (χ2v) is 11.1. The van der Waals surface area contributed by atoms with E-state index >= 15 is 0 Å². The number of phenols is 2. The first kappa shape index (κ1) is 24.2. The summed E-state index contributed by atoms with van der Waals surface area (Å²) in [5, 5.41) is 24.6. The molecular weight excluding hydrogens is 492 g/mol. The second kappa shape index (κ2) is 9.18. The number of aromatic nitrogens is 2. The summed E-state index contributed by atoms with van der Waals surface area (Å²) in [6.07, 6.45) is 3.91. The molecule has 36 heavy (non-hydrogen) atoms. The molecule has 8 nitrogen and oxygen atoms in total. The van der Waals surface area contributed by atoms with E-state index in [4.69, 9.17) is 9.97 Å². The molecule has 3 heterocycles. The van der Waals surface area contributed by atoms with Gasteiger partial charge in [-0.05, 0) is 59.9 Å². The highest BCUT2D eigenvalue weighted by Gasteiger charge is 2.33. The van der Waals surface area contributed by atoms with Crippen molar-refractivity contribution in [2.75, 3.05) is 61.9 Å². The predicted octanol–water partition coefficient (Wildman–Crippen LogP) is 5.10. The van der Waals surface area contributed by atoms with Gasteiger partial charge >= 0.3 is 0 Å². The maximum absolute atomic E-state index is 10.5. The molecule has 3 aromatic rings. The van der Waals surface area contributed by atoms with Crippen LogP contribution in [0.3, 0.4) is 0 Å². The largest absolute Gasteiger partial charge is 0.507 e. The van der Waals surface area contributed by atoms with Gasteiger partial charge in [0.05, 0.1) is 10.1 Å². The Hall–Kier alpha value is -3.50. The van der Waals surface area contributed by atoms with Gasteiger partial charge < -0.3 is 29.8 Å². The summed E-state index contributed by atoms with van der Waals surface area (Å²) in [4.78, 5) is 17.7. The van der Waals surface area contributed by atoms with Crippen LogP contribution < -0.4 is 19.6 Å². The SMILES string of the molecule is CN(C)c1ccc(C=C2Sc3nc4c(nc3N2C)N(C)/C(=C/c2ccc(N(C)C)cc2O)S4)c(O)c1. The molecule has 0 atom stereocenters. The molecule has 0 fully saturated rings. The summed E-state index contributed by atoms with van der Waals surface area (Å²) >= 11 is 3.07. The van der Waals surface area contributed by atoms with Crippen LogP contribution in [0, 0.1) is 0 Å². The Labute approximate surface area is 219 Å². The quantitative estimate of drug-likeness (QED) is 0.485. The molecular formula is C26H28N6O2S2. The van der Waals surface area contributed by atoms with Crippen molar-refractivity contribution in [1.82, 2.24) is 9.97 Å². The number of benzene rings is 2. The number of hydrogen-bond acceptors (Lipinski definition) is 10. The minimum atomic E-state index is 0.231. The van der Waals surface area contributed by atoms with Gasteiger partial charge in [-0.25, -0.2) is 9.97 Å². The van der Waals surface area contributed by atoms with Gasteiger partial charge in [0.25, 0.3) is 0 Å². The first-order valence-electron chi connectivity index (χ1n) is 11.3. The first-order valence-corrected chi connectivity index (χ1v) is 12.9. The highest BCUT2D eigenvalue weighted by atomic mass is 32.2. The average Bonchev–Trinajstić information content (AvgIpc) is 3.30. The van der Waals surface area contributed by atoms with Crippen LogP contribution in [0.2, 0.25) is 0 Å². The molecule has 0 aliphatic carbocycles. The van der Waals surface area contributed by atoms with E-state index in [1.165, 1.54) is 23.5 Å². The third-order valence-electron chi connectivity index (χ3n) is 6.12. The Balaban J connectivity index is 1.41. The number of aromatic hydroxyl groups is 2.